The molecule has 0 saturated heterocycles. The van der Waals surface area contributed by atoms with Crippen molar-refractivity contribution >= 4 is 23.2 Å². The highest BCUT2D eigenvalue weighted by Gasteiger charge is 2.22. The largest absolute Gasteiger partial charge is 0.368 e. The smallest absolute Gasteiger partial charge is 0.136 e. The molecule has 0 spiro atoms. The maximum atomic E-state index is 6.12. The summed E-state index contributed by atoms with van der Waals surface area (Å²) >= 11 is 11.7. The van der Waals surface area contributed by atoms with E-state index in [1.807, 2.05) is 25.1 Å². The van der Waals surface area contributed by atoms with Crippen LogP contribution >= 0.6 is 23.2 Å². The van der Waals surface area contributed by atoms with Crippen molar-refractivity contribution in [3.8, 4) is 0 Å². The number of halogens is 2. The quantitative estimate of drug-likeness (QED) is 0.616. The Morgan fingerprint density at radius 1 is 1.29 bits per heavy atom. The van der Waals surface area contributed by atoms with Gasteiger partial charge in [0.1, 0.15) is 12.3 Å². The first-order valence-corrected chi connectivity index (χ1v) is 6.41. The fraction of sp³-hybridized carbons (Fsp3) is 0.500. The highest BCUT2D eigenvalue weighted by molar-refractivity contribution is 6.31. The molecule has 3 nitrogen and oxygen atoms in total. The number of rotatable bonds is 7. The van der Waals surface area contributed by atoms with Crippen LogP contribution in [0.1, 0.15) is 18.6 Å². The van der Waals surface area contributed by atoms with Crippen molar-refractivity contribution in [2.24, 2.45) is 5.73 Å². The second kappa shape index (κ2) is 7.90. The van der Waals surface area contributed by atoms with Gasteiger partial charge in [0, 0.05) is 23.1 Å². The van der Waals surface area contributed by atoms with E-state index in [2.05, 4.69) is 0 Å². The summed E-state index contributed by atoms with van der Waals surface area (Å²) in [4.78, 5) is 0. The molecule has 0 heterocycles. The predicted molar refractivity (Wildman–Crippen MR) is 70.5 cm³/mol. The summed E-state index contributed by atoms with van der Waals surface area (Å²) < 4.78 is 11.0. The monoisotopic (exact) mass is 277 g/mol. The highest BCUT2D eigenvalue weighted by atomic mass is 35.5. The minimum atomic E-state index is -0.553. The van der Waals surface area contributed by atoms with Gasteiger partial charge in [0.2, 0.25) is 0 Å². The van der Waals surface area contributed by atoms with Crippen LogP contribution in [-0.2, 0) is 9.47 Å². The van der Waals surface area contributed by atoms with Gasteiger partial charge in [-0.2, -0.15) is 0 Å². The lowest BCUT2D eigenvalue weighted by Gasteiger charge is -2.24. The summed E-state index contributed by atoms with van der Waals surface area (Å²) in [7, 11) is 0. The van der Waals surface area contributed by atoms with Crippen LogP contribution in [0.15, 0.2) is 24.3 Å². The normalized spacial score (nSPS) is 14.6. The van der Waals surface area contributed by atoms with E-state index >= 15 is 0 Å². The maximum Gasteiger partial charge on any atom is 0.136 e. The topological polar surface area (TPSA) is 44.5 Å². The van der Waals surface area contributed by atoms with Crippen LogP contribution < -0.4 is 5.73 Å². The van der Waals surface area contributed by atoms with E-state index in [1.54, 1.807) is 6.07 Å². The Morgan fingerprint density at radius 3 is 2.59 bits per heavy atom. The number of hydrogen-bond donors (Lipinski definition) is 1. The minimum absolute atomic E-state index is 0.401. The molecule has 2 atom stereocenters. The standard InChI is InChI=1S/C12H17Cl2NO2/c1-2-16-12(15)11(17-8-7-13)9-5-3-4-6-10(9)14/h3-6,11-12H,2,7-8,15H2,1H3. The lowest BCUT2D eigenvalue weighted by Crippen LogP contribution is -2.33. The number of ether oxygens (including phenoxy) is 2. The summed E-state index contributed by atoms with van der Waals surface area (Å²) in [5.74, 6) is 0.403. The molecule has 1 aromatic carbocycles. The third kappa shape index (κ3) is 4.45. The van der Waals surface area contributed by atoms with Gasteiger partial charge in [-0.05, 0) is 13.0 Å². The van der Waals surface area contributed by atoms with Gasteiger partial charge in [-0.15, -0.1) is 11.6 Å². The molecule has 0 amide bonds. The van der Waals surface area contributed by atoms with E-state index in [-0.39, 0.29) is 0 Å². The Bertz CT molecular complexity index is 336. The molecule has 0 radical (unpaired) electrons. The van der Waals surface area contributed by atoms with Crippen molar-refractivity contribution in [3.63, 3.8) is 0 Å². The summed E-state index contributed by atoms with van der Waals surface area (Å²) in [5.41, 5.74) is 6.74. The summed E-state index contributed by atoms with van der Waals surface area (Å²) in [6, 6.07) is 7.42. The number of alkyl halides is 1. The Hall–Kier alpha value is -0.320. The lowest BCUT2D eigenvalue weighted by molar-refractivity contribution is -0.0655. The van der Waals surface area contributed by atoms with Crippen molar-refractivity contribution in [2.75, 3.05) is 19.1 Å². The van der Waals surface area contributed by atoms with Crippen LogP contribution in [0.4, 0.5) is 0 Å². The molecule has 0 aromatic heterocycles. The second-order valence-corrected chi connectivity index (χ2v) is 4.21. The van der Waals surface area contributed by atoms with Crippen molar-refractivity contribution in [1.82, 2.24) is 0 Å². The Balaban J connectivity index is 2.85. The van der Waals surface area contributed by atoms with Crippen LogP contribution in [0.3, 0.4) is 0 Å². The molecular weight excluding hydrogens is 261 g/mol. The number of benzene rings is 1. The molecule has 0 aliphatic rings. The number of nitrogens with two attached hydrogens (primary N) is 1. The molecule has 5 heteroatoms. The molecule has 0 aliphatic carbocycles. The average molecular weight is 278 g/mol. The second-order valence-electron chi connectivity index (χ2n) is 3.42. The molecular formula is C12H17Cl2NO2. The zero-order valence-corrected chi connectivity index (χ0v) is 11.2. The van der Waals surface area contributed by atoms with Crippen LogP contribution in [0, 0.1) is 0 Å². The van der Waals surface area contributed by atoms with Crippen molar-refractivity contribution < 1.29 is 9.47 Å². The van der Waals surface area contributed by atoms with Gasteiger partial charge >= 0.3 is 0 Å². The SMILES string of the molecule is CCOC(N)C(OCCCl)c1ccccc1Cl. The fourth-order valence-electron chi connectivity index (χ4n) is 1.52. The van der Waals surface area contributed by atoms with E-state index in [4.69, 9.17) is 38.4 Å². The zero-order valence-electron chi connectivity index (χ0n) is 9.74. The maximum absolute atomic E-state index is 6.12. The van der Waals surface area contributed by atoms with Crippen molar-refractivity contribution in [1.29, 1.82) is 0 Å². The van der Waals surface area contributed by atoms with Gasteiger partial charge in [-0.3, -0.25) is 0 Å². The van der Waals surface area contributed by atoms with E-state index in [1.165, 1.54) is 0 Å². The predicted octanol–water partition coefficient (Wildman–Crippen LogP) is 2.96. The first-order valence-electron chi connectivity index (χ1n) is 5.49. The zero-order chi connectivity index (χ0) is 12.7. The van der Waals surface area contributed by atoms with Gasteiger partial charge in [-0.1, -0.05) is 29.8 Å². The van der Waals surface area contributed by atoms with Gasteiger partial charge in [-0.25, -0.2) is 0 Å². The third-order valence-corrected chi connectivity index (χ3v) is 2.74. The summed E-state index contributed by atoms with van der Waals surface area (Å²) in [5, 5.41) is 0.613. The van der Waals surface area contributed by atoms with Gasteiger partial charge in [0.25, 0.3) is 0 Å². The van der Waals surface area contributed by atoms with Crippen LogP contribution in [0.25, 0.3) is 0 Å². The van der Waals surface area contributed by atoms with E-state index < -0.39 is 12.3 Å². The van der Waals surface area contributed by atoms with E-state index in [0.29, 0.717) is 24.1 Å². The highest BCUT2D eigenvalue weighted by Crippen LogP contribution is 2.27. The molecule has 2 N–H and O–H groups in total. The Morgan fingerprint density at radius 2 is 2.00 bits per heavy atom. The van der Waals surface area contributed by atoms with Crippen LogP contribution in [0.2, 0.25) is 5.02 Å². The molecule has 96 valence electrons. The first-order chi connectivity index (χ1) is 8.20. The fourth-order valence-corrected chi connectivity index (χ4v) is 1.85. The molecule has 0 bridgehead atoms. The van der Waals surface area contributed by atoms with E-state index in [9.17, 15) is 0 Å². The summed E-state index contributed by atoms with van der Waals surface area (Å²) in [6.45, 7) is 2.80. The average Bonchev–Trinajstić information content (AvgIpc) is 2.32. The van der Waals surface area contributed by atoms with Gasteiger partial charge < -0.3 is 15.2 Å². The Labute approximate surface area is 112 Å². The minimum Gasteiger partial charge on any atom is -0.368 e. The van der Waals surface area contributed by atoms with Gasteiger partial charge in [0.05, 0.1) is 6.61 Å². The summed E-state index contributed by atoms with van der Waals surface area (Å²) in [6.07, 6.45) is -0.953. The van der Waals surface area contributed by atoms with E-state index in [0.717, 1.165) is 5.56 Å². The third-order valence-electron chi connectivity index (χ3n) is 2.24. The number of hydrogen-bond acceptors (Lipinski definition) is 3. The molecule has 0 fully saturated rings. The Kier molecular flexibility index (Phi) is 6.85. The molecule has 0 saturated carbocycles. The van der Waals surface area contributed by atoms with Crippen LogP contribution in [0.5, 0.6) is 0 Å². The van der Waals surface area contributed by atoms with Crippen LogP contribution in [-0.4, -0.2) is 25.3 Å². The van der Waals surface area contributed by atoms with Crippen molar-refractivity contribution in [2.45, 2.75) is 19.3 Å². The lowest BCUT2D eigenvalue weighted by atomic mass is 10.1. The molecule has 0 aliphatic heterocycles. The molecule has 1 rings (SSSR count). The molecule has 1 aromatic rings. The van der Waals surface area contributed by atoms with Crippen molar-refractivity contribution in [3.05, 3.63) is 34.9 Å². The van der Waals surface area contributed by atoms with Gasteiger partial charge in [0.15, 0.2) is 0 Å². The molecule has 2 unspecified atom stereocenters. The molecule has 17 heavy (non-hydrogen) atoms. The first kappa shape index (κ1) is 14.7.